The highest BCUT2D eigenvalue weighted by Gasteiger charge is 2.52. The lowest BCUT2D eigenvalue weighted by molar-refractivity contribution is -0.147. The Labute approximate surface area is 175 Å². The van der Waals surface area contributed by atoms with Gasteiger partial charge in [-0.25, -0.2) is 4.98 Å². The summed E-state index contributed by atoms with van der Waals surface area (Å²) in [6.45, 7) is 5.19. The highest BCUT2D eigenvalue weighted by atomic mass is 16.2. The molecule has 5 rings (SSSR count). The summed E-state index contributed by atoms with van der Waals surface area (Å²) >= 11 is 0. The second-order valence-corrected chi connectivity index (χ2v) is 8.89. The number of anilines is 1. The molecular weight excluding hydrogens is 380 g/mol. The van der Waals surface area contributed by atoms with Gasteiger partial charge in [0.1, 0.15) is 6.04 Å². The molecule has 3 atom stereocenters. The Hall–Kier alpha value is -2.96. The van der Waals surface area contributed by atoms with E-state index in [0.717, 1.165) is 11.0 Å². The van der Waals surface area contributed by atoms with Crippen molar-refractivity contribution in [3.8, 4) is 0 Å². The van der Waals surface area contributed by atoms with Gasteiger partial charge in [0.25, 0.3) is 5.91 Å². The molecule has 0 saturated carbocycles. The Morgan fingerprint density at radius 1 is 1.07 bits per heavy atom. The van der Waals surface area contributed by atoms with E-state index in [4.69, 9.17) is 0 Å². The number of benzene rings is 1. The third kappa shape index (κ3) is 2.79. The van der Waals surface area contributed by atoms with E-state index in [1.54, 1.807) is 4.90 Å². The molecule has 3 unspecified atom stereocenters. The van der Waals surface area contributed by atoms with Crippen molar-refractivity contribution in [1.29, 1.82) is 0 Å². The van der Waals surface area contributed by atoms with Crippen LogP contribution in [-0.2, 0) is 20.9 Å². The number of rotatable bonds is 4. The highest BCUT2D eigenvalue weighted by molar-refractivity contribution is 6.10. The molecule has 0 bridgehead atoms. The first kappa shape index (κ1) is 19.0. The molecule has 156 valence electrons. The maximum atomic E-state index is 13.7. The normalized spacial score (nSPS) is 24.1. The van der Waals surface area contributed by atoms with Gasteiger partial charge in [0.05, 0.1) is 22.9 Å². The fraction of sp³-hybridized carbons (Fsp3) is 0.478. The van der Waals surface area contributed by atoms with Crippen molar-refractivity contribution in [2.45, 2.75) is 45.7 Å². The highest BCUT2D eigenvalue weighted by Crippen LogP contribution is 2.38. The zero-order valence-corrected chi connectivity index (χ0v) is 17.3. The van der Waals surface area contributed by atoms with E-state index in [0.29, 0.717) is 38.3 Å². The first-order valence-corrected chi connectivity index (χ1v) is 10.8. The molecule has 3 amide bonds. The fourth-order valence-electron chi connectivity index (χ4n) is 5.07. The van der Waals surface area contributed by atoms with Gasteiger partial charge < -0.3 is 4.57 Å². The van der Waals surface area contributed by atoms with Crippen LogP contribution < -0.4 is 4.90 Å². The van der Waals surface area contributed by atoms with Crippen LogP contribution in [0, 0.1) is 17.8 Å². The Balaban J connectivity index is 1.49. The predicted molar refractivity (Wildman–Crippen MR) is 113 cm³/mol. The molecule has 7 nitrogen and oxygen atoms in total. The van der Waals surface area contributed by atoms with Crippen LogP contribution in [0.1, 0.15) is 33.1 Å². The number of aromatic nitrogens is 2. The van der Waals surface area contributed by atoms with Gasteiger partial charge in [-0.05, 0) is 37.3 Å². The third-order valence-corrected chi connectivity index (χ3v) is 6.52. The molecule has 1 fully saturated rings. The maximum Gasteiger partial charge on any atom is 0.252 e. The molecule has 3 aliphatic rings. The molecule has 2 aromatic rings. The number of nitrogens with zero attached hydrogens (tertiary/aromatic N) is 4. The number of para-hydroxylation sites is 2. The Kier molecular flexibility index (Phi) is 4.49. The molecule has 0 spiro atoms. The molecule has 1 aromatic heterocycles. The van der Waals surface area contributed by atoms with Crippen LogP contribution in [0.25, 0.3) is 11.0 Å². The second-order valence-electron chi connectivity index (χ2n) is 8.89. The summed E-state index contributed by atoms with van der Waals surface area (Å²) in [4.78, 5) is 47.6. The van der Waals surface area contributed by atoms with E-state index >= 15 is 0 Å². The van der Waals surface area contributed by atoms with Crippen LogP contribution in [0.2, 0.25) is 0 Å². The van der Waals surface area contributed by atoms with Crippen molar-refractivity contribution in [2.24, 2.45) is 17.8 Å². The largest absolute Gasteiger partial charge is 0.308 e. The number of likely N-dealkylation sites (tertiary alicyclic amines) is 1. The summed E-state index contributed by atoms with van der Waals surface area (Å²) in [5, 5.41) is 0. The number of imidazole rings is 1. The summed E-state index contributed by atoms with van der Waals surface area (Å²) in [6, 6.07) is 7.04. The number of carbonyl (C=O) groups excluding carboxylic acids is 3. The molecule has 3 heterocycles. The zero-order valence-electron chi connectivity index (χ0n) is 17.3. The minimum Gasteiger partial charge on any atom is -0.308 e. The minimum absolute atomic E-state index is 0.168. The summed E-state index contributed by atoms with van der Waals surface area (Å²) in [5.41, 5.74) is 1.84. The molecule has 2 aliphatic heterocycles. The van der Waals surface area contributed by atoms with E-state index in [1.165, 1.54) is 4.90 Å². The quantitative estimate of drug-likeness (QED) is 0.578. The van der Waals surface area contributed by atoms with E-state index in [1.807, 2.05) is 54.8 Å². The number of carbonyl (C=O) groups is 3. The van der Waals surface area contributed by atoms with Crippen molar-refractivity contribution in [3.63, 3.8) is 0 Å². The van der Waals surface area contributed by atoms with Gasteiger partial charge in [0.15, 0.2) is 0 Å². The average molecular weight is 406 g/mol. The third-order valence-electron chi connectivity index (χ3n) is 6.52. The van der Waals surface area contributed by atoms with Gasteiger partial charge in [-0.15, -0.1) is 0 Å². The summed E-state index contributed by atoms with van der Waals surface area (Å²) < 4.78 is 2.04. The maximum absolute atomic E-state index is 13.7. The van der Waals surface area contributed by atoms with E-state index in [-0.39, 0.29) is 35.5 Å². The number of hydrogen-bond acceptors (Lipinski definition) is 4. The molecule has 1 aliphatic carbocycles. The van der Waals surface area contributed by atoms with Gasteiger partial charge in [-0.2, -0.15) is 0 Å². The van der Waals surface area contributed by atoms with Crippen LogP contribution in [0.5, 0.6) is 0 Å². The first-order chi connectivity index (χ1) is 14.5. The second kappa shape index (κ2) is 7.07. The van der Waals surface area contributed by atoms with E-state index < -0.39 is 6.04 Å². The number of imide groups is 1. The Morgan fingerprint density at radius 3 is 2.40 bits per heavy atom. The van der Waals surface area contributed by atoms with Gasteiger partial charge >= 0.3 is 0 Å². The summed E-state index contributed by atoms with van der Waals surface area (Å²) in [7, 11) is 0. The van der Waals surface area contributed by atoms with Crippen molar-refractivity contribution < 1.29 is 14.4 Å². The number of fused-ring (bicyclic) bond motifs is 4. The van der Waals surface area contributed by atoms with Crippen molar-refractivity contribution in [2.75, 3.05) is 11.4 Å². The monoisotopic (exact) mass is 406 g/mol. The molecule has 1 aromatic carbocycles. The number of amides is 3. The molecule has 7 heteroatoms. The minimum atomic E-state index is -0.776. The Bertz CT molecular complexity index is 1040. The SMILES string of the molecule is CC(C)CC(C(=O)N1CCn2c1nc1ccccc12)N1C(=O)C2CC=CCC2C1=O. The number of allylic oxidation sites excluding steroid dienone is 2. The number of hydrogen-bond donors (Lipinski definition) is 0. The zero-order chi connectivity index (χ0) is 21.0. The van der Waals surface area contributed by atoms with Crippen LogP contribution in [0.4, 0.5) is 5.95 Å². The van der Waals surface area contributed by atoms with Gasteiger partial charge in [-0.3, -0.25) is 24.2 Å². The van der Waals surface area contributed by atoms with Gasteiger partial charge in [0, 0.05) is 13.1 Å². The molecule has 30 heavy (non-hydrogen) atoms. The van der Waals surface area contributed by atoms with Crippen LogP contribution >= 0.6 is 0 Å². The molecule has 0 radical (unpaired) electrons. The first-order valence-electron chi connectivity index (χ1n) is 10.8. The van der Waals surface area contributed by atoms with Gasteiger partial charge in [0.2, 0.25) is 17.8 Å². The average Bonchev–Trinajstić information content (AvgIpc) is 3.38. The van der Waals surface area contributed by atoms with Gasteiger partial charge in [-0.1, -0.05) is 38.1 Å². The lowest BCUT2D eigenvalue weighted by Gasteiger charge is -2.30. The summed E-state index contributed by atoms with van der Waals surface area (Å²) in [6.07, 6.45) is 5.55. The molecular formula is C23H26N4O3. The predicted octanol–water partition coefficient (Wildman–Crippen LogP) is 2.75. The van der Waals surface area contributed by atoms with Crippen molar-refractivity contribution in [1.82, 2.24) is 14.5 Å². The van der Waals surface area contributed by atoms with Crippen molar-refractivity contribution in [3.05, 3.63) is 36.4 Å². The van der Waals surface area contributed by atoms with Crippen molar-refractivity contribution >= 4 is 34.7 Å². The Morgan fingerprint density at radius 2 is 1.73 bits per heavy atom. The lowest BCUT2D eigenvalue weighted by atomic mass is 9.85. The molecule has 1 saturated heterocycles. The standard InChI is InChI=1S/C23H26N4O3/c1-14(2)13-19(27-20(28)15-7-3-4-8-16(15)21(27)29)22(30)26-12-11-25-18-10-6-5-9-17(18)24-23(25)26/h3-6,9-10,14-16,19H,7-8,11-13H2,1-2H3. The lowest BCUT2D eigenvalue weighted by Crippen LogP contribution is -2.52. The molecule has 0 N–H and O–H groups in total. The fourth-order valence-corrected chi connectivity index (χ4v) is 5.07. The van der Waals surface area contributed by atoms with Crippen LogP contribution in [0.15, 0.2) is 36.4 Å². The smallest absolute Gasteiger partial charge is 0.252 e. The van der Waals surface area contributed by atoms with E-state index in [2.05, 4.69) is 4.98 Å². The van der Waals surface area contributed by atoms with Crippen LogP contribution in [0.3, 0.4) is 0 Å². The summed E-state index contributed by atoms with van der Waals surface area (Å²) in [5.74, 6) is -0.468. The van der Waals surface area contributed by atoms with Crippen LogP contribution in [-0.4, -0.2) is 44.8 Å². The topological polar surface area (TPSA) is 75.5 Å². The van der Waals surface area contributed by atoms with E-state index in [9.17, 15) is 14.4 Å².